The first-order chi connectivity index (χ1) is 15.6. The van der Waals surface area contributed by atoms with Gasteiger partial charge in [-0.3, -0.25) is 4.31 Å². The molecule has 10 heteroatoms. The number of rotatable bonds is 8. The minimum Gasteiger partial charge on any atom is -0.496 e. The van der Waals surface area contributed by atoms with Crippen molar-refractivity contribution in [2.75, 3.05) is 11.4 Å². The highest BCUT2D eigenvalue weighted by atomic mass is 35.5. The number of carbonyl (C=O) groups is 1. The van der Waals surface area contributed by atoms with Crippen molar-refractivity contribution >= 4 is 33.3 Å². The van der Waals surface area contributed by atoms with Crippen LogP contribution < -0.4 is 9.04 Å². The number of carboxylic acids is 1. The third-order valence-electron chi connectivity index (χ3n) is 5.03. The van der Waals surface area contributed by atoms with Gasteiger partial charge in [0.15, 0.2) is 0 Å². The average Bonchev–Trinajstić information content (AvgIpc) is 2.77. The van der Waals surface area contributed by atoms with E-state index < -0.39 is 33.7 Å². The maximum atomic E-state index is 14.7. The predicted octanol–water partition coefficient (Wildman–Crippen LogP) is 5.67. The topological polar surface area (TPSA) is 83.9 Å². The summed E-state index contributed by atoms with van der Waals surface area (Å²) in [7, 11) is -3.05. The van der Waals surface area contributed by atoms with Gasteiger partial charge in [0.25, 0.3) is 10.0 Å². The smallest absolute Gasteiger partial charge is 0.339 e. The van der Waals surface area contributed by atoms with E-state index >= 15 is 0 Å². The number of sulfonamides is 1. The van der Waals surface area contributed by atoms with Crippen molar-refractivity contribution in [2.24, 2.45) is 0 Å². The first-order valence-electron chi connectivity index (χ1n) is 9.76. The molecule has 0 fully saturated rings. The van der Waals surface area contributed by atoms with Gasteiger partial charge >= 0.3 is 5.97 Å². The van der Waals surface area contributed by atoms with Crippen LogP contribution in [0.15, 0.2) is 65.6 Å². The summed E-state index contributed by atoms with van der Waals surface area (Å²) >= 11 is 5.90. The predicted molar refractivity (Wildman–Crippen MR) is 120 cm³/mol. The van der Waals surface area contributed by atoms with Crippen molar-refractivity contribution in [3.8, 4) is 5.75 Å². The Morgan fingerprint density at radius 2 is 1.76 bits per heavy atom. The van der Waals surface area contributed by atoms with Crippen molar-refractivity contribution in [1.29, 1.82) is 0 Å². The Morgan fingerprint density at radius 1 is 1.09 bits per heavy atom. The van der Waals surface area contributed by atoms with Crippen molar-refractivity contribution in [1.82, 2.24) is 0 Å². The SMILES string of the molecule is CCC(c1ccc(F)cc1F)N(c1ccc(OC)c(C(=O)O)c1)S(=O)(=O)c1ccc(Cl)cc1. The van der Waals surface area contributed by atoms with Gasteiger partial charge in [-0.15, -0.1) is 0 Å². The Kier molecular flexibility index (Phi) is 7.24. The van der Waals surface area contributed by atoms with Crippen LogP contribution in [-0.2, 0) is 10.0 Å². The molecule has 0 aliphatic carbocycles. The largest absolute Gasteiger partial charge is 0.496 e. The highest BCUT2D eigenvalue weighted by Gasteiger charge is 2.34. The van der Waals surface area contributed by atoms with Crippen LogP contribution in [0.1, 0.15) is 35.3 Å². The van der Waals surface area contributed by atoms with Crippen molar-refractivity contribution in [3.63, 3.8) is 0 Å². The van der Waals surface area contributed by atoms with E-state index in [0.29, 0.717) is 11.1 Å². The van der Waals surface area contributed by atoms with E-state index in [1.165, 1.54) is 49.6 Å². The van der Waals surface area contributed by atoms with E-state index in [9.17, 15) is 27.1 Å². The van der Waals surface area contributed by atoms with Crippen molar-refractivity contribution in [3.05, 3.63) is 88.4 Å². The number of hydrogen-bond donors (Lipinski definition) is 1. The molecule has 33 heavy (non-hydrogen) atoms. The number of methoxy groups -OCH3 is 1. The highest BCUT2D eigenvalue weighted by molar-refractivity contribution is 7.92. The number of ether oxygens (including phenoxy) is 1. The van der Waals surface area contributed by atoms with Gasteiger partial charge in [-0.1, -0.05) is 24.6 Å². The molecule has 174 valence electrons. The number of aromatic carboxylic acids is 1. The molecule has 6 nitrogen and oxygen atoms in total. The van der Waals surface area contributed by atoms with Gasteiger partial charge in [-0.25, -0.2) is 22.0 Å². The number of anilines is 1. The summed E-state index contributed by atoms with van der Waals surface area (Å²) < 4.78 is 61.7. The monoisotopic (exact) mass is 495 g/mol. The highest BCUT2D eigenvalue weighted by Crippen LogP contribution is 2.38. The van der Waals surface area contributed by atoms with Crippen LogP contribution in [0.5, 0.6) is 5.75 Å². The molecule has 0 aliphatic rings. The molecule has 0 radical (unpaired) electrons. The van der Waals surface area contributed by atoms with Crippen LogP contribution in [0.4, 0.5) is 14.5 Å². The van der Waals surface area contributed by atoms with Crippen molar-refractivity contribution in [2.45, 2.75) is 24.3 Å². The number of halogens is 3. The van der Waals surface area contributed by atoms with Crippen molar-refractivity contribution < 1.29 is 31.8 Å². The van der Waals surface area contributed by atoms with Crippen LogP contribution in [0.25, 0.3) is 0 Å². The first-order valence-corrected chi connectivity index (χ1v) is 11.6. The summed E-state index contributed by atoms with van der Waals surface area (Å²) in [6, 6.07) is 10.9. The van der Waals surface area contributed by atoms with Gasteiger partial charge in [-0.2, -0.15) is 0 Å². The molecule has 3 aromatic rings. The molecule has 0 heterocycles. The van der Waals surface area contributed by atoms with E-state index in [4.69, 9.17) is 16.3 Å². The van der Waals surface area contributed by atoms with Gasteiger partial charge in [0.1, 0.15) is 22.9 Å². The standard InChI is InChI=1S/C23H20ClF2NO5S/c1-3-21(18-10-6-15(25)12-20(18)26)27(33(30,31)17-8-4-14(24)5-9-17)16-7-11-22(32-2)19(13-16)23(28)29/h4-13,21H,3H2,1-2H3,(H,28,29). The Bertz CT molecular complexity index is 1280. The second kappa shape index (κ2) is 9.76. The molecular weight excluding hydrogens is 476 g/mol. The zero-order valence-corrected chi connectivity index (χ0v) is 19.2. The first kappa shape index (κ1) is 24.5. The molecule has 0 spiro atoms. The lowest BCUT2D eigenvalue weighted by atomic mass is 10.0. The number of nitrogens with zero attached hydrogens (tertiary/aromatic N) is 1. The second-order valence-electron chi connectivity index (χ2n) is 7.03. The minimum atomic E-state index is -4.34. The van der Waals surface area contributed by atoms with E-state index in [-0.39, 0.29) is 33.9 Å². The fourth-order valence-electron chi connectivity index (χ4n) is 3.49. The molecule has 0 saturated heterocycles. The van der Waals surface area contributed by atoms with Gasteiger partial charge in [0.05, 0.1) is 23.7 Å². The Morgan fingerprint density at radius 3 is 2.30 bits per heavy atom. The molecule has 3 aromatic carbocycles. The maximum absolute atomic E-state index is 14.7. The summed E-state index contributed by atoms with van der Waals surface area (Å²) in [6.45, 7) is 1.64. The zero-order chi connectivity index (χ0) is 24.3. The van der Waals surface area contributed by atoms with Gasteiger partial charge in [0, 0.05) is 16.7 Å². The fraction of sp³-hybridized carbons (Fsp3) is 0.174. The van der Waals surface area contributed by atoms with Gasteiger partial charge in [-0.05, 0) is 55.0 Å². The third kappa shape index (κ3) is 4.94. The molecule has 0 aliphatic heterocycles. The Labute approximate surface area is 195 Å². The number of benzene rings is 3. The van der Waals surface area contributed by atoms with Crippen LogP contribution in [0.2, 0.25) is 5.02 Å². The summed E-state index contributed by atoms with van der Waals surface area (Å²) in [6.07, 6.45) is 0.101. The minimum absolute atomic E-state index is 0.0242. The van der Waals surface area contributed by atoms with E-state index in [1.807, 2.05) is 0 Å². The number of hydrogen-bond acceptors (Lipinski definition) is 4. The lowest BCUT2D eigenvalue weighted by molar-refractivity contribution is 0.0693. The Hall–Kier alpha value is -3.17. The third-order valence-corrected chi connectivity index (χ3v) is 7.13. The molecule has 1 unspecified atom stereocenters. The van der Waals surface area contributed by atoms with E-state index in [0.717, 1.165) is 16.4 Å². The maximum Gasteiger partial charge on any atom is 0.339 e. The van der Waals surface area contributed by atoms with Crippen LogP contribution in [0, 0.1) is 11.6 Å². The fourth-order valence-corrected chi connectivity index (χ4v) is 5.31. The second-order valence-corrected chi connectivity index (χ2v) is 9.29. The van der Waals surface area contributed by atoms with E-state index in [2.05, 4.69) is 0 Å². The average molecular weight is 496 g/mol. The lowest BCUT2D eigenvalue weighted by Crippen LogP contribution is -2.35. The summed E-state index contributed by atoms with van der Waals surface area (Å²) in [5, 5.41) is 9.89. The van der Waals surface area contributed by atoms with Crippen LogP contribution >= 0.6 is 11.6 Å². The Balaban J connectivity index is 2.30. The quantitative estimate of drug-likeness (QED) is 0.435. The van der Waals surface area contributed by atoms with Gasteiger partial charge in [0.2, 0.25) is 0 Å². The summed E-state index contributed by atoms with van der Waals surface area (Å²) in [5.74, 6) is -3.05. The van der Waals surface area contributed by atoms with Crippen LogP contribution in [0.3, 0.4) is 0 Å². The van der Waals surface area contributed by atoms with E-state index in [1.54, 1.807) is 6.92 Å². The summed E-state index contributed by atoms with van der Waals surface area (Å²) in [5.41, 5.74) is -0.372. The lowest BCUT2D eigenvalue weighted by Gasteiger charge is -2.33. The molecule has 0 bridgehead atoms. The molecular formula is C23H20ClF2NO5S. The normalized spacial score (nSPS) is 12.3. The summed E-state index contributed by atoms with van der Waals surface area (Å²) in [4.78, 5) is 11.6. The zero-order valence-electron chi connectivity index (χ0n) is 17.6. The molecule has 1 atom stereocenters. The van der Waals surface area contributed by atoms with Crippen LogP contribution in [-0.4, -0.2) is 26.6 Å². The molecule has 0 amide bonds. The molecule has 1 N–H and O–H groups in total. The molecule has 0 aromatic heterocycles. The molecule has 3 rings (SSSR count). The molecule has 0 saturated carbocycles. The number of carboxylic acid groups (broad SMARTS) is 1. The van der Waals surface area contributed by atoms with Gasteiger partial charge < -0.3 is 9.84 Å².